The predicted octanol–water partition coefficient (Wildman–Crippen LogP) is 3.28. The highest BCUT2D eigenvalue weighted by atomic mass is 16.1. The Hall–Kier alpha value is -1.51. The molecule has 0 radical (unpaired) electrons. The fourth-order valence-electron chi connectivity index (χ4n) is 3.07. The van der Waals surface area contributed by atoms with E-state index >= 15 is 0 Å². The third kappa shape index (κ3) is 3.28. The van der Waals surface area contributed by atoms with Gasteiger partial charge < -0.3 is 11.1 Å². The number of carbonyl (C=O) groups is 1. The van der Waals surface area contributed by atoms with Crippen molar-refractivity contribution in [3.8, 4) is 0 Å². The highest BCUT2D eigenvalue weighted by Crippen LogP contribution is 2.27. The Kier molecular flexibility index (Phi) is 4.46. The number of hydrogen-bond acceptors (Lipinski definition) is 2. The van der Waals surface area contributed by atoms with Gasteiger partial charge in [-0.05, 0) is 49.4 Å². The zero-order valence-electron chi connectivity index (χ0n) is 11.9. The van der Waals surface area contributed by atoms with Gasteiger partial charge in [-0.25, -0.2) is 0 Å². The number of nitrogens with one attached hydrogen (secondary N) is 1. The minimum atomic E-state index is 0.0443. The molecule has 1 aromatic rings. The molecule has 0 aliphatic heterocycles. The molecule has 1 amide bonds. The molecular formula is C16H24N2O. The van der Waals surface area contributed by atoms with Crippen LogP contribution >= 0.6 is 0 Å². The van der Waals surface area contributed by atoms with Crippen molar-refractivity contribution in [2.75, 3.05) is 5.73 Å². The Morgan fingerprint density at radius 1 is 1.37 bits per heavy atom. The lowest BCUT2D eigenvalue weighted by Gasteiger charge is -2.31. The van der Waals surface area contributed by atoms with Crippen LogP contribution in [-0.2, 0) is 0 Å². The lowest BCUT2D eigenvalue weighted by molar-refractivity contribution is 0.0904. The van der Waals surface area contributed by atoms with Crippen LogP contribution in [0.5, 0.6) is 0 Å². The molecule has 2 rings (SSSR count). The molecule has 3 heteroatoms. The van der Waals surface area contributed by atoms with Gasteiger partial charge in [-0.3, -0.25) is 4.79 Å². The van der Waals surface area contributed by atoms with Gasteiger partial charge in [0.05, 0.1) is 0 Å². The fourth-order valence-corrected chi connectivity index (χ4v) is 3.07. The second-order valence-corrected chi connectivity index (χ2v) is 5.61. The monoisotopic (exact) mass is 260 g/mol. The topological polar surface area (TPSA) is 55.1 Å². The van der Waals surface area contributed by atoms with E-state index in [2.05, 4.69) is 12.2 Å². The van der Waals surface area contributed by atoms with Crippen LogP contribution in [0.1, 0.15) is 54.9 Å². The van der Waals surface area contributed by atoms with E-state index in [0.29, 0.717) is 17.6 Å². The third-order valence-electron chi connectivity index (χ3n) is 4.25. The third-order valence-corrected chi connectivity index (χ3v) is 4.25. The summed E-state index contributed by atoms with van der Waals surface area (Å²) in [5, 5.41) is 3.22. The minimum absolute atomic E-state index is 0.0443. The molecule has 1 saturated carbocycles. The van der Waals surface area contributed by atoms with E-state index in [4.69, 9.17) is 5.73 Å². The first kappa shape index (κ1) is 13.9. The quantitative estimate of drug-likeness (QED) is 0.819. The lowest BCUT2D eigenvalue weighted by Crippen LogP contribution is -2.42. The molecule has 0 aromatic heterocycles. The maximum atomic E-state index is 12.4. The molecule has 104 valence electrons. The molecule has 1 aliphatic rings. The number of nitrogens with two attached hydrogens (primary N) is 1. The number of nitrogen functional groups attached to an aromatic ring is 1. The van der Waals surface area contributed by atoms with E-state index in [0.717, 1.165) is 24.0 Å². The number of amides is 1. The zero-order chi connectivity index (χ0) is 13.8. The highest BCUT2D eigenvalue weighted by molar-refractivity contribution is 5.96. The van der Waals surface area contributed by atoms with E-state index < -0.39 is 0 Å². The second-order valence-electron chi connectivity index (χ2n) is 5.61. The van der Waals surface area contributed by atoms with E-state index in [1.807, 2.05) is 19.1 Å². The summed E-state index contributed by atoms with van der Waals surface area (Å²) in [6.45, 7) is 4.15. The van der Waals surface area contributed by atoms with Gasteiger partial charge in [0, 0.05) is 17.3 Å². The molecule has 1 fully saturated rings. The van der Waals surface area contributed by atoms with Crippen molar-refractivity contribution >= 4 is 11.6 Å². The van der Waals surface area contributed by atoms with Crippen molar-refractivity contribution in [1.29, 1.82) is 0 Å². The van der Waals surface area contributed by atoms with E-state index in [1.54, 1.807) is 6.07 Å². The van der Waals surface area contributed by atoms with E-state index in [-0.39, 0.29) is 5.91 Å². The first-order chi connectivity index (χ1) is 9.11. The molecule has 19 heavy (non-hydrogen) atoms. The summed E-state index contributed by atoms with van der Waals surface area (Å²) in [7, 11) is 0. The minimum Gasteiger partial charge on any atom is -0.399 e. The summed E-state index contributed by atoms with van der Waals surface area (Å²) in [5.74, 6) is 0.676. The summed E-state index contributed by atoms with van der Waals surface area (Å²) in [5.41, 5.74) is 8.12. The van der Waals surface area contributed by atoms with Crippen molar-refractivity contribution in [1.82, 2.24) is 5.32 Å². The van der Waals surface area contributed by atoms with Gasteiger partial charge in [0.1, 0.15) is 0 Å². The van der Waals surface area contributed by atoms with Crippen LogP contribution in [-0.4, -0.2) is 11.9 Å². The Morgan fingerprint density at radius 2 is 2.11 bits per heavy atom. The molecule has 0 heterocycles. The fraction of sp³-hybridized carbons (Fsp3) is 0.562. The van der Waals surface area contributed by atoms with Gasteiger partial charge in [0.25, 0.3) is 5.91 Å². The van der Waals surface area contributed by atoms with Gasteiger partial charge in [0.15, 0.2) is 0 Å². The van der Waals surface area contributed by atoms with Crippen LogP contribution in [0.2, 0.25) is 0 Å². The summed E-state index contributed by atoms with van der Waals surface area (Å²) < 4.78 is 0. The largest absolute Gasteiger partial charge is 0.399 e. The molecule has 0 saturated heterocycles. The molecule has 2 unspecified atom stereocenters. The number of rotatable bonds is 3. The summed E-state index contributed by atoms with van der Waals surface area (Å²) in [6, 6.07) is 5.81. The molecule has 2 atom stereocenters. The smallest absolute Gasteiger partial charge is 0.251 e. The van der Waals surface area contributed by atoms with Crippen molar-refractivity contribution in [2.24, 2.45) is 5.92 Å². The Labute approximate surface area is 115 Å². The Bertz CT molecular complexity index is 456. The van der Waals surface area contributed by atoms with Crippen molar-refractivity contribution in [2.45, 2.75) is 52.0 Å². The summed E-state index contributed by atoms with van der Waals surface area (Å²) in [6.07, 6.45) is 6.01. The SMILES string of the molecule is CCC1CCCCC1NC(=O)c1ccc(N)cc1C. The van der Waals surface area contributed by atoms with Crippen LogP contribution in [0.4, 0.5) is 5.69 Å². The van der Waals surface area contributed by atoms with E-state index in [9.17, 15) is 4.79 Å². The predicted molar refractivity (Wildman–Crippen MR) is 79.1 cm³/mol. The van der Waals surface area contributed by atoms with E-state index in [1.165, 1.54) is 19.3 Å². The number of hydrogen-bond donors (Lipinski definition) is 2. The second kappa shape index (κ2) is 6.09. The molecule has 1 aliphatic carbocycles. The van der Waals surface area contributed by atoms with Gasteiger partial charge >= 0.3 is 0 Å². The number of aryl methyl sites for hydroxylation is 1. The molecule has 3 N–H and O–H groups in total. The van der Waals surface area contributed by atoms with Crippen LogP contribution in [0, 0.1) is 12.8 Å². The number of anilines is 1. The van der Waals surface area contributed by atoms with Crippen molar-refractivity contribution in [3.63, 3.8) is 0 Å². The van der Waals surface area contributed by atoms with Crippen LogP contribution in [0.3, 0.4) is 0 Å². The molecule has 1 aromatic carbocycles. The maximum Gasteiger partial charge on any atom is 0.251 e. The van der Waals surface area contributed by atoms with Gasteiger partial charge in [-0.2, -0.15) is 0 Å². The van der Waals surface area contributed by atoms with Crippen LogP contribution < -0.4 is 11.1 Å². The Balaban J connectivity index is 2.07. The van der Waals surface area contributed by atoms with Crippen LogP contribution in [0.25, 0.3) is 0 Å². The van der Waals surface area contributed by atoms with Gasteiger partial charge in [-0.15, -0.1) is 0 Å². The first-order valence-corrected chi connectivity index (χ1v) is 7.28. The standard InChI is InChI=1S/C16H24N2O/c1-3-12-6-4-5-7-15(12)18-16(19)14-9-8-13(17)10-11(14)2/h8-10,12,15H,3-7,17H2,1-2H3,(H,18,19). The van der Waals surface area contributed by atoms with Crippen molar-refractivity contribution in [3.05, 3.63) is 29.3 Å². The zero-order valence-corrected chi connectivity index (χ0v) is 11.9. The summed E-state index contributed by atoms with van der Waals surface area (Å²) >= 11 is 0. The number of benzene rings is 1. The number of carbonyl (C=O) groups excluding carboxylic acids is 1. The Morgan fingerprint density at radius 3 is 2.79 bits per heavy atom. The van der Waals surface area contributed by atoms with Gasteiger partial charge in [0.2, 0.25) is 0 Å². The lowest BCUT2D eigenvalue weighted by atomic mass is 9.82. The highest BCUT2D eigenvalue weighted by Gasteiger charge is 2.25. The molecule has 0 spiro atoms. The van der Waals surface area contributed by atoms with Crippen molar-refractivity contribution < 1.29 is 4.79 Å². The average Bonchev–Trinajstić information content (AvgIpc) is 2.39. The first-order valence-electron chi connectivity index (χ1n) is 7.28. The van der Waals surface area contributed by atoms with Crippen LogP contribution in [0.15, 0.2) is 18.2 Å². The normalized spacial score (nSPS) is 23.1. The molecule has 3 nitrogen and oxygen atoms in total. The maximum absolute atomic E-state index is 12.4. The summed E-state index contributed by atoms with van der Waals surface area (Å²) in [4.78, 5) is 12.4. The molecular weight excluding hydrogens is 236 g/mol. The molecule has 0 bridgehead atoms. The van der Waals surface area contributed by atoms with Gasteiger partial charge in [-0.1, -0.05) is 26.2 Å². The average molecular weight is 260 g/mol.